The van der Waals surface area contributed by atoms with Gasteiger partial charge in [-0.25, -0.2) is 0 Å². The molecule has 0 aliphatic carbocycles. The van der Waals surface area contributed by atoms with Gasteiger partial charge in [-0.15, -0.1) is 0 Å². The third kappa shape index (κ3) is 2.95. The molecule has 4 heteroatoms. The van der Waals surface area contributed by atoms with Crippen LogP contribution in [0.1, 0.15) is 35.3 Å². The van der Waals surface area contributed by atoms with Crippen LogP contribution in [0.25, 0.3) is 0 Å². The molecule has 4 rings (SSSR count). The Morgan fingerprint density at radius 3 is 2.76 bits per heavy atom. The molecule has 0 saturated carbocycles. The van der Waals surface area contributed by atoms with E-state index in [1.54, 1.807) is 7.11 Å². The van der Waals surface area contributed by atoms with Crippen LogP contribution >= 0.6 is 0 Å². The Morgan fingerprint density at radius 1 is 1.12 bits per heavy atom. The fourth-order valence-corrected chi connectivity index (χ4v) is 3.83. The maximum Gasteiger partial charge on any atom is 0.125 e. The van der Waals surface area contributed by atoms with Crippen LogP contribution in [0.2, 0.25) is 0 Å². The van der Waals surface area contributed by atoms with E-state index in [0.717, 1.165) is 16.9 Å². The fraction of sp³-hybridized carbons (Fsp3) is 0.429. The summed E-state index contributed by atoms with van der Waals surface area (Å²) in [5.74, 6) is 0.863. The second kappa shape index (κ2) is 6.79. The third-order valence-electron chi connectivity index (χ3n) is 5.23. The van der Waals surface area contributed by atoms with Gasteiger partial charge in [-0.3, -0.25) is 0 Å². The molecule has 4 atom stereocenters. The van der Waals surface area contributed by atoms with E-state index in [-0.39, 0.29) is 24.4 Å². The molecule has 4 nitrogen and oxygen atoms in total. The van der Waals surface area contributed by atoms with Crippen molar-refractivity contribution in [3.8, 4) is 5.75 Å². The average molecular weight is 340 g/mol. The lowest BCUT2D eigenvalue weighted by molar-refractivity contribution is -0.0858. The molecule has 0 spiro atoms. The molecule has 1 fully saturated rings. The first kappa shape index (κ1) is 16.6. The number of aryl methyl sites for hydroxylation is 1. The van der Waals surface area contributed by atoms with Crippen LogP contribution in [0.4, 0.5) is 0 Å². The summed E-state index contributed by atoms with van der Waals surface area (Å²) >= 11 is 0. The van der Waals surface area contributed by atoms with Crippen molar-refractivity contribution in [3.05, 3.63) is 64.7 Å². The Morgan fingerprint density at radius 2 is 1.96 bits per heavy atom. The summed E-state index contributed by atoms with van der Waals surface area (Å²) < 4.78 is 24.2. The number of ether oxygens (including phenoxy) is 4. The highest BCUT2D eigenvalue weighted by atomic mass is 16.6. The minimum Gasteiger partial charge on any atom is -0.496 e. The molecule has 0 amide bonds. The van der Waals surface area contributed by atoms with E-state index >= 15 is 0 Å². The predicted octanol–water partition coefficient (Wildman–Crippen LogP) is 3.95. The summed E-state index contributed by atoms with van der Waals surface area (Å²) in [6.07, 6.45) is -0.378. The third-order valence-corrected chi connectivity index (χ3v) is 5.23. The maximum absolute atomic E-state index is 6.25. The van der Waals surface area contributed by atoms with Gasteiger partial charge in [0.2, 0.25) is 0 Å². The van der Waals surface area contributed by atoms with Gasteiger partial charge in [-0.2, -0.15) is 0 Å². The molecule has 2 aliphatic heterocycles. The van der Waals surface area contributed by atoms with E-state index in [1.807, 2.05) is 24.3 Å². The number of benzene rings is 2. The van der Waals surface area contributed by atoms with E-state index in [4.69, 9.17) is 18.9 Å². The van der Waals surface area contributed by atoms with Gasteiger partial charge >= 0.3 is 0 Å². The van der Waals surface area contributed by atoms with Crippen LogP contribution in [0.5, 0.6) is 5.75 Å². The smallest absolute Gasteiger partial charge is 0.125 e. The zero-order valence-corrected chi connectivity index (χ0v) is 14.9. The van der Waals surface area contributed by atoms with Gasteiger partial charge in [-0.05, 0) is 36.6 Å². The van der Waals surface area contributed by atoms with Crippen molar-refractivity contribution < 1.29 is 18.9 Å². The van der Waals surface area contributed by atoms with Gasteiger partial charge in [0.1, 0.15) is 24.1 Å². The van der Waals surface area contributed by atoms with E-state index in [9.17, 15) is 0 Å². The van der Waals surface area contributed by atoms with Crippen LogP contribution in [0, 0.1) is 6.92 Å². The summed E-state index contributed by atoms with van der Waals surface area (Å²) in [6.45, 7) is 5.29. The SMILES string of the molecule is COc1cccc2c1[C@H]1O[C@H](C)[C@H](OCc3ccccc3C)[C@H]1OC2. The van der Waals surface area contributed by atoms with Gasteiger partial charge in [0.15, 0.2) is 0 Å². The van der Waals surface area contributed by atoms with E-state index in [0.29, 0.717) is 13.2 Å². The maximum atomic E-state index is 6.25. The monoisotopic (exact) mass is 340 g/mol. The van der Waals surface area contributed by atoms with Crippen molar-refractivity contribution in [3.63, 3.8) is 0 Å². The van der Waals surface area contributed by atoms with Crippen LogP contribution in [0.3, 0.4) is 0 Å². The largest absolute Gasteiger partial charge is 0.496 e. The molecule has 2 heterocycles. The van der Waals surface area contributed by atoms with Gasteiger partial charge < -0.3 is 18.9 Å². The Hall–Kier alpha value is -1.88. The lowest BCUT2D eigenvalue weighted by atomic mass is 9.93. The normalized spacial score (nSPS) is 27.6. The van der Waals surface area contributed by atoms with Crippen LogP contribution in [0.15, 0.2) is 42.5 Å². The highest BCUT2D eigenvalue weighted by Crippen LogP contribution is 2.45. The molecule has 0 radical (unpaired) electrons. The minimum absolute atomic E-state index is 0.0325. The zero-order chi connectivity index (χ0) is 17.4. The molecule has 25 heavy (non-hydrogen) atoms. The van der Waals surface area contributed by atoms with E-state index in [2.05, 4.69) is 32.0 Å². The van der Waals surface area contributed by atoms with Gasteiger partial charge in [0.05, 0.1) is 26.4 Å². The highest BCUT2D eigenvalue weighted by molar-refractivity contribution is 5.44. The van der Waals surface area contributed by atoms with Crippen LogP contribution in [-0.2, 0) is 27.4 Å². The van der Waals surface area contributed by atoms with Crippen molar-refractivity contribution in [1.82, 2.24) is 0 Å². The Bertz CT molecular complexity index is 743. The quantitative estimate of drug-likeness (QED) is 0.844. The zero-order valence-electron chi connectivity index (χ0n) is 14.9. The Labute approximate surface area is 148 Å². The lowest BCUT2D eigenvalue weighted by Crippen LogP contribution is -2.36. The summed E-state index contributed by atoms with van der Waals surface area (Å²) in [7, 11) is 1.70. The molecule has 0 bridgehead atoms. The first-order valence-corrected chi connectivity index (χ1v) is 8.78. The Kier molecular flexibility index (Phi) is 4.50. The lowest BCUT2D eigenvalue weighted by Gasteiger charge is -2.31. The summed E-state index contributed by atoms with van der Waals surface area (Å²) in [5, 5.41) is 0. The van der Waals surface area contributed by atoms with Crippen molar-refractivity contribution >= 4 is 0 Å². The van der Waals surface area contributed by atoms with E-state index in [1.165, 1.54) is 11.1 Å². The highest BCUT2D eigenvalue weighted by Gasteiger charge is 2.48. The minimum atomic E-state index is -0.142. The van der Waals surface area contributed by atoms with Crippen LogP contribution in [-0.4, -0.2) is 25.4 Å². The molecule has 2 aliphatic rings. The molecule has 0 unspecified atom stereocenters. The molecule has 2 aromatic rings. The number of fused-ring (bicyclic) bond motifs is 3. The van der Waals surface area contributed by atoms with Gasteiger partial charge in [-0.1, -0.05) is 36.4 Å². The first-order chi connectivity index (χ1) is 12.2. The molecule has 0 aromatic heterocycles. The van der Waals surface area contributed by atoms with Crippen LogP contribution < -0.4 is 4.74 Å². The molecule has 1 saturated heterocycles. The number of hydrogen-bond donors (Lipinski definition) is 0. The summed E-state index contributed by atoms with van der Waals surface area (Å²) in [6, 6.07) is 14.3. The second-order valence-electron chi connectivity index (χ2n) is 6.77. The average Bonchev–Trinajstić information content (AvgIpc) is 2.96. The molecule has 132 valence electrons. The van der Waals surface area contributed by atoms with Gasteiger partial charge in [0, 0.05) is 5.56 Å². The summed E-state index contributed by atoms with van der Waals surface area (Å²) in [4.78, 5) is 0. The Balaban J connectivity index is 1.56. The fourth-order valence-electron chi connectivity index (χ4n) is 3.83. The summed E-state index contributed by atoms with van der Waals surface area (Å²) in [5.41, 5.74) is 4.68. The molecular weight excluding hydrogens is 316 g/mol. The molecule has 2 aromatic carbocycles. The number of hydrogen-bond acceptors (Lipinski definition) is 4. The van der Waals surface area contributed by atoms with Crippen molar-refractivity contribution in [1.29, 1.82) is 0 Å². The molecular formula is C21H24O4. The van der Waals surface area contributed by atoms with Crippen molar-refractivity contribution in [2.75, 3.05) is 7.11 Å². The standard InChI is InChI=1S/C21H24O4/c1-13-7-4-5-8-15(13)11-23-19-14(2)25-20-18-16(12-24-21(19)20)9-6-10-17(18)22-3/h4-10,14,19-21H,11-12H2,1-3H3/t14-,19+,20-,21-/m1/s1. The van der Waals surface area contributed by atoms with Gasteiger partial charge in [0.25, 0.3) is 0 Å². The number of methoxy groups -OCH3 is 1. The number of rotatable bonds is 4. The second-order valence-corrected chi connectivity index (χ2v) is 6.77. The van der Waals surface area contributed by atoms with E-state index < -0.39 is 0 Å². The van der Waals surface area contributed by atoms with Crippen molar-refractivity contribution in [2.45, 2.75) is 51.5 Å². The predicted molar refractivity (Wildman–Crippen MR) is 94.6 cm³/mol. The first-order valence-electron chi connectivity index (χ1n) is 8.78. The topological polar surface area (TPSA) is 36.9 Å². The van der Waals surface area contributed by atoms with Crippen molar-refractivity contribution in [2.24, 2.45) is 0 Å². The molecule has 0 N–H and O–H groups in total.